The van der Waals surface area contributed by atoms with Crippen molar-refractivity contribution in [2.24, 2.45) is 17.3 Å². The number of ether oxygens (including phenoxy) is 4. The number of carbonyl (C=O) groups excluding carboxylic acids is 4. The van der Waals surface area contributed by atoms with Gasteiger partial charge in [0.1, 0.15) is 13.2 Å². The van der Waals surface area contributed by atoms with Crippen molar-refractivity contribution in [3.8, 4) is 0 Å². The maximum absolute atomic E-state index is 12.9. The van der Waals surface area contributed by atoms with Crippen LogP contribution in [-0.2, 0) is 51.0 Å². The topological polar surface area (TPSA) is 151 Å². The smallest absolute Gasteiger partial charge is 0.310 e. The zero-order valence-electron chi connectivity index (χ0n) is 23.4. The summed E-state index contributed by atoms with van der Waals surface area (Å²) in [6.45, 7) is 5.87. The monoisotopic (exact) mass is 568 g/mol. The summed E-state index contributed by atoms with van der Waals surface area (Å²) >= 11 is 0. The highest BCUT2D eigenvalue weighted by molar-refractivity contribution is 6.00. The third-order valence-corrected chi connectivity index (χ3v) is 6.86. The molecular weight excluding hydrogens is 532 g/mol. The van der Waals surface area contributed by atoms with E-state index in [1.165, 1.54) is 0 Å². The number of aliphatic carboxylic acids is 2. The molecule has 0 spiro atoms. The summed E-state index contributed by atoms with van der Waals surface area (Å²) < 4.78 is 21.2. The SMILES string of the molecule is C=C(C(=O)[O-])C(C(=O)[O-])(C(C)C(=O)OCCOCCc1ccccc1)C(C)C(=O)OCCOCCc1ccccc1. The first kappa shape index (κ1) is 33.2. The Balaban J connectivity index is 1.94. The summed E-state index contributed by atoms with van der Waals surface area (Å²) in [6.07, 6.45) is 1.28. The maximum Gasteiger partial charge on any atom is 0.310 e. The summed E-state index contributed by atoms with van der Waals surface area (Å²) in [5.74, 6) is -9.49. The van der Waals surface area contributed by atoms with Gasteiger partial charge in [-0.2, -0.15) is 0 Å². The van der Waals surface area contributed by atoms with Gasteiger partial charge in [-0.25, -0.2) is 0 Å². The van der Waals surface area contributed by atoms with Crippen LogP contribution in [0.5, 0.6) is 0 Å². The molecule has 0 radical (unpaired) electrons. The van der Waals surface area contributed by atoms with Crippen LogP contribution in [0.2, 0.25) is 0 Å². The molecule has 0 N–H and O–H groups in total. The lowest BCUT2D eigenvalue weighted by molar-refractivity contribution is -0.326. The summed E-state index contributed by atoms with van der Waals surface area (Å²) in [4.78, 5) is 49.9. The highest BCUT2D eigenvalue weighted by Gasteiger charge is 2.52. The Labute approximate surface area is 239 Å². The minimum Gasteiger partial charge on any atom is -0.549 e. The van der Waals surface area contributed by atoms with Crippen LogP contribution >= 0.6 is 0 Å². The molecule has 10 nitrogen and oxygen atoms in total. The molecule has 0 aliphatic carbocycles. The van der Waals surface area contributed by atoms with Gasteiger partial charge in [0.05, 0.1) is 55.6 Å². The number of hydrogen-bond acceptors (Lipinski definition) is 10. The molecule has 41 heavy (non-hydrogen) atoms. The van der Waals surface area contributed by atoms with Crippen LogP contribution in [0.4, 0.5) is 0 Å². The Morgan fingerprint density at radius 3 is 1.41 bits per heavy atom. The number of carbonyl (C=O) groups is 4. The van der Waals surface area contributed by atoms with Gasteiger partial charge < -0.3 is 38.7 Å². The van der Waals surface area contributed by atoms with Crippen LogP contribution in [0.25, 0.3) is 0 Å². The minimum absolute atomic E-state index is 0.0207. The van der Waals surface area contributed by atoms with Gasteiger partial charge in [-0.15, -0.1) is 0 Å². The lowest BCUT2D eigenvalue weighted by Crippen LogP contribution is -2.58. The van der Waals surface area contributed by atoms with Crippen molar-refractivity contribution < 1.29 is 48.3 Å². The van der Waals surface area contributed by atoms with E-state index in [0.717, 1.165) is 25.0 Å². The van der Waals surface area contributed by atoms with Crippen LogP contribution in [0.1, 0.15) is 25.0 Å². The van der Waals surface area contributed by atoms with E-state index in [-0.39, 0.29) is 26.4 Å². The van der Waals surface area contributed by atoms with E-state index in [1.807, 2.05) is 60.7 Å². The molecule has 0 fully saturated rings. The summed E-state index contributed by atoms with van der Waals surface area (Å²) in [6, 6.07) is 19.2. The Hall–Kier alpha value is -4.02. The van der Waals surface area contributed by atoms with Gasteiger partial charge in [-0.05, 0) is 29.5 Å². The molecule has 0 aliphatic heterocycles. The molecule has 0 heterocycles. The molecule has 0 aromatic heterocycles. The lowest BCUT2D eigenvalue weighted by Gasteiger charge is -2.44. The van der Waals surface area contributed by atoms with Crippen molar-refractivity contribution in [3.05, 3.63) is 83.9 Å². The van der Waals surface area contributed by atoms with Crippen LogP contribution < -0.4 is 10.2 Å². The zero-order valence-corrected chi connectivity index (χ0v) is 23.4. The summed E-state index contributed by atoms with van der Waals surface area (Å²) in [7, 11) is 0. The molecule has 10 heteroatoms. The largest absolute Gasteiger partial charge is 0.549 e. The van der Waals surface area contributed by atoms with Crippen molar-refractivity contribution >= 4 is 23.9 Å². The molecule has 0 bridgehead atoms. The van der Waals surface area contributed by atoms with E-state index in [1.54, 1.807) is 0 Å². The van der Waals surface area contributed by atoms with Crippen LogP contribution in [-0.4, -0.2) is 63.5 Å². The molecule has 0 aliphatic rings. The molecule has 0 saturated heterocycles. The fourth-order valence-corrected chi connectivity index (χ4v) is 4.44. The van der Waals surface area contributed by atoms with Crippen LogP contribution in [0, 0.1) is 17.3 Å². The molecule has 2 unspecified atom stereocenters. The molecule has 2 rings (SSSR count). The van der Waals surface area contributed by atoms with Crippen molar-refractivity contribution in [2.75, 3.05) is 39.6 Å². The third-order valence-electron chi connectivity index (χ3n) is 6.86. The quantitative estimate of drug-likeness (QED) is 0.136. The van der Waals surface area contributed by atoms with Gasteiger partial charge in [0.2, 0.25) is 0 Å². The van der Waals surface area contributed by atoms with Gasteiger partial charge in [0.25, 0.3) is 0 Å². The number of rotatable bonds is 19. The van der Waals surface area contributed by atoms with E-state index in [9.17, 15) is 29.4 Å². The molecule has 2 atom stereocenters. The Morgan fingerprint density at radius 2 is 1.07 bits per heavy atom. The predicted molar refractivity (Wildman–Crippen MR) is 144 cm³/mol. The minimum atomic E-state index is -2.70. The van der Waals surface area contributed by atoms with Gasteiger partial charge >= 0.3 is 11.9 Å². The third kappa shape index (κ3) is 9.54. The molecule has 2 aromatic rings. The number of carboxylic acid groups (broad SMARTS) is 2. The zero-order chi connectivity index (χ0) is 30.3. The van der Waals surface area contributed by atoms with E-state index >= 15 is 0 Å². The lowest BCUT2D eigenvalue weighted by atomic mass is 9.63. The molecular formula is C31H36O10-2. The van der Waals surface area contributed by atoms with Gasteiger partial charge in [0, 0.05) is 0 Å². The maximum atomic E-state index is 12.9. The first-order chi connectivity index (χ1) is 19.6. The number of hydrogen-bond donors (Lipinski definition) is 0. The van der Waals surface area contributed by atoms with Crippen molar-refractivity contribution in [2.45, 2.75) is 26.7 Å². The van der Waals surface area contributed by atoms with Gasteiger partial charge in [0.15, 0.2) is 0 Å². The molecule has 0 amide bonds. The first-order valence-corrected chi connectivity index (χ1v) is 13.3. The second-order valence-corrected chi connectivity index (χ2v) is 9.40. The summed E-state index contributed by atoms with van der Waals surface area (Å²) in [5.41, 5.74) is -1.57. The number of benzene rings is 2. The van der Waals surface area contributed by atoms with Gasteiger partial charge in [-0.1, -0.05) is 81.1 Å². The summed E-state index contributed by atoms with van der Waals surface area (Å²) in [5, 5.41) is 24.2. The fraction of sp³-hybridized carbons (Fsp3) is 0.419. The van der Waals surface area contributed by atoms with E-state index < -0.39 is 46.7 Å². The van der Waals surface area contributed by atoms with Crippen molar-refractivity contribution in [3.63, 3.8) is 0 Å². The standard InChI is InChI=1S/C31H38O10/c1-22(27(32)33)31(30(36)37,23(2)28(34)40-20-18-38-16-14-25-10-6-4-7-11-25)24(3)29(35)41-21-19-39-17-15-26-12-8-5-9-13-26/h4-13,23-24H,1,14-21H2,2-3H3,(H,32,33)(H,36,37)/p-2. The molecule has 0 saturated carbocycles. The average Bonchev–Trinajstić information content (AvgIpc) is 2.97. The van der Waals surface area contributed by atoms with E-state index in [2.05, 4.69) is 6.58 Å². The van der Waals surface area contributed by atoms with Crippen molar-refractivity contribution in [1.82, 2.24) is 0 Å². The average molecular weight is 569 g/mol. The van der Waals surface area contributed by atoms with Crippen LogP contribution in [0.15, 0.2) is 72.8 Å². The molecule has 2 aromatic carbocycles. The number of carboxylic acids is 2. The predicted octanol–water partition coefficient (Wildman–Crippen LogP) is 0.906. The normalized spacial score (nSPS) is 13.8. The second kappa shape index (κ2) is 16.9. The van der Waals surface area contributed by atoms with Crippen molar-refractivity contribution in [1.29, 1.82) is 0 Å². The Morgan fingerprint density at radius 1 is 0.683 bits per heavy atom. The number of esters is 2. The van der Waals surface area contributed by atoms with Gasteiger partial charge in [-0.3, -0.25) is 9.59 Å². The van der Waals surface area contributed by atoms with Crippen LogP contribution in [0.3, 0.4) is 0 Å². The van der Waals surface area contributed by atoms with E-state index in [0.29, 0.717) is 26.1 Å². The highest BCUT2D eigenvalue weighted by Crippen LogP contribution is 2.43. The first-order valence-electron chi connectivity index (χ1n) is 13.3. The fourth-order valence-electron chi connectivity index (χ4n) is 4.44. The van der Waals surface area contributed by atoms with E-state index in [4.69, 9.17) is 18.9 Å². The Bertz CT molecular complexity index is 1080. The highest BCUT2D eigenvalue weighted by atomic mass is 16.6. The molecule has 222 valence electrons. The Kier molecular flexibility index (Phi) is 13.7. The second-order valence-electron chi connectivity index (χ2n) is 9.40.